The number of carbonyl (C=O) groups excluding carboxylic acids is 2. The number of pyridine rings is 1. The zero-order valence-electron chi connectivity index (χ0n) is 12.5. The van der Waals surface area contributed by atoms with E-state index in [1.54, 1.807) is 32.9 Å². The fraction of sp³-hybridized carbons (Fsp3) is 0.533. The highest BCUT2D eigenvalue weighted by Gasteiger charge is 2.34. The standard InChI is InChI=1S/C15H20N2O4/c1-15(2,3)21-14(20)17-8-6-12(18)11(9-17)10-5-4-7-16-13(10)19/h4-5,7,11H,6,8-9H2,1-3H3,(H,16,19). The van der Waals surface area contributed by atoms with Crippen LogP contribution in [0.25, 0.3) is 0 Å². The van der Waals surface area contributed by atoms with Gasteiger partial charge in [0.05, 0.1) is 5.92 Å². The summed E-state index contributed by atoms with van der Waals surface area (Å²) in [6.45, 7) is 5.88. The van der Waals surface area contributed by atoms with E-state index in [9.17, 15) is 14.4 Å². The third-order valence-corrected chi connectivity index (χ3v) is 3.30. The molecule has 0 saturated carbocycles. The van der Waals surface area contributed by atoms with Crippen LogP contribution < -0.4 is 5.56 Å². The molecule has 1 aliphatic heterocycles. The van der Waals surface area contributed by atoms with Gasteiger partial charge in [0, 0.05) is 31.3 Å². The number of hydrogen-bond acceptors (Lipinski definition) is 4. The minimum Gasteiger partial charge on any atom is -0.444 e. The summed E-state index contributed by atoms with van der Waals surface area (Å²) in [5.74, 6) is -0.609. The van der Waals surface area contributed by atoms with E-state index in [1.807, 2.05) is 0 Å². The topological polar surface area (TPSA) is 79.5 Å². The first kappa shape index (κ1) is 15.3. The van der Waals surface area contributed by atoms with Crippen LogP contribution in [0.3, 0.4) is 0 Å². The smallest absolute Gasteiger partial charge is 0.410 e. The van der Waals surface area contributed by atoms with Gasteiger partial charge in [-0.15, -0.1) is 0 Å². The minimum absolute atomic E-state index is 0.0218. The van der Waals surface area contributed by atoms with E-state index in [0.717, 1.165) is 0 Å². The van der Waals surface area contributed by atoms with E-state index >= 15 is 0 Å². The highest BCUT2D eigenvalue weighted by Crippen LogP contribution is 2.23. The molecule has 1 N–H and O–H groups in total. The Morgan fingerprint density at radius 1 is 1.38 bits per heavy atom. The van der Waals surface area contributed by atoms with E-state index in [0.29, 0.717) is 12.1 Å². The number of ketones is 1. The number of ether oxygens (including phenoxy) is 1. The van der Waals surface area contributed by atoms with E-state index in [2.05, 4.69) is 4.98 Å². The predicted octanol–water partition coefficient (Wildman–Crippen LogP) is 1.67. The molecule has 0 bridgehead atoms. The largest absolute Gasteiger partial charge is 0.444 e. The molecule has 21 heavy (non-hydrogen) atoms. The Morgan fingerprint density at radius 3 is 2.71 bits per heavy atom. The lowest BCUT2D eigenvalue weighted by Crippen LogP contribution is -2.46. The van der Waals surface area contributed by atoms with Crippen molar-refractivity contribution in [2.45, 2.75) is 38.7 Å². The molecule has 1 amide bonds. The van der Waals surface area contributed by atoms with Gasteiger partial charge in [0.1, 0.15) is 11.4 Å². The van der Waals surface area contributed by atoms with Gasteiger partial charge in [0.15, 0.2) is 0 Å². The molecular formula is C15H20N2O4. The maximum absolute atomic E-state index is 12.1. The molecule has 1 aromatic heterocycles. The summed E-state index contributed by atoms with van der Waals surface area (Å²) < 4.78 is 5.32. The maximum atomic E-state index is 12.1. The van der Waals surface area contributed by atoms with E-state index < -0.39 is 17.6 Å². The molecule has 2 heterocycles. The van der Waals surface area contributed by atoms with Crippen molar-refractivity contribution in [3.63, 3.8) is 0 Å². The number of carbonyl (C=O) groups is 2. The second-order valence-corrected chi connectivity index (χ2v) is 6.15. The Labute approximate surface area is 123 Å². The number of aromatic nitrogens is 1. The van der Waals surface area contributed by atoms with Crippen LogP contribution >= 0.6 is 0 Å². The molecule has 0 radical (unpaired) electrons. The van der Waals surface area contributed by atoms with Crippen LogP contribution in [0.1, 0.15) is 38.7 Å². The lowest BCUT2D eigenvalue weighted by atomic mass is 9.90. The molecule has 6 nitrogen and oxygen atoms in total. The molecule has 1 aliphatic rings. The van der Waals surface area contributed by atoms with Crippen molar-refractivity contribution < 1.29 is 14.3 Å². The molecule has 0 aliphatic carbocycles. The number of aromatic amines is 1. The molecule has 1 unspecified atom stereocenters. The van der Waals surface area contributed by atoms with Crippen molar-refractivity contribution in [2.75, 3.05) is 13.1 Å². The molecule has 6 heteroatoms. The van der Waals surface area contributed by atoms with Crippen molar-refractivity contribution in [3.05, 3.63) is 34.2 Å². The molecule has 2 rings (SSSR count). The number of rotatable bonds is 1. The zero-order valence-corrected chi connectivity index (χ0v) is 12.5. The van der Waals surface area contributed by atoms with Gasteiger partial charge >= 0.3 is 6.09 Å². The Balaban J connectivity index is 2.17. The fourth-order valence-electron chi connectivity index (χ4n) is 2.31. The molecule has 0 spiro atoms. The first-order valence-corrected chi connectivity index (χ1v) is 6.96. The number of Topliss-reactive ketones (excluding diaryl/α,β-unsaturated/α-hetero) is 1. The first-order chi connectivity index (χ1) is 9.78. The second kappa shape index (κ2) is 5.71. The zero-order chi connectivity index (χ0) is 15.6. The summed E-state index contributed by atoms with van der Waals surface area (Å²) in [7, 11) is 0. The van der Waals surface area contributed by atoms with Crippen LogP contribution in [0.4, 0.5) is 4.79 Å². The molecule has 1 atom stereocenters. The van der Waals surface area contributed by atoms with Crippen LogP contribution in [-0.4, -0.2) is 40.5 Å². The summed E-state index contributed by atoms with van der Waals surface area (Å²) >= 11 is 0. The average Bonchev–Trinajstić information content (AvgIpc) is 2.38. The Morgan fingerprint density at radius 2 is 2.10 bits per heavy atom. The van der Waals surface area contributed by atoms with Crippen LogP contribution in [0.5, 0.6) is 0 Å². The predicted molar refractivity (Wildman–Crippen MR) is 77.2 cm³/mol. The Kier molecular flexibility index (Phi) is 4.16. The SMILES string of the molecule is CC(C)(C)OC(=O)N1CCC(=O)C(c2ccc[nH]c2=O)C1. The summed E-state index contributed by atoms with van der Waals surface area (Å²) in [5.41, 5.74) is -0.476. The van der Waals surface area contributed by atoms with Gasteiger partial charge in [-0.2, -0.15) is 0 Å². The van der Waals surface area contributed by atoms with Crippen LogP contribution in [0, 0.1) is 0 Å². The summed E-state index contributed by atoms with van der Waals surface area (Å²) in [4.78, 5) is 40.0. The number of hydrogen-bond donors (Lipinski definition) is 1. The summed E-state index contributed by atoms with van der Waals surface area (Å²) in [6.07, 6.45) is 1.30. The van der Waals surface area contributed by atoms with Gasteiger partial charge in [-0.3, -0.25) is 9.59 Å². The van der Waals surface area contributed by atoms with E-state index in [1.165, 1.54) is 11.1 Å². The van der Waals surface area contributed by atoms with Gasteiger partial charge in [-0.25, -0.2) is 4.79 Å². The Hall–Kier alpha value is -2.11. The number of piperidine rings is 1. The average molecular weight is 292 g/mol. The van der Waals surface area contributed by atoms with Gasteiger partial charge in [-0.1, -0.05) is 6.07 Å². The lowest BCUT2D eigenvalue weighted by Gasteiger charge is -2.33. The maximum Gasteiger partial charge on any atom is 0.410 e. The van der Waals surface area contributed by atoms with Gasteiger partial charge in [-0.05, 0) is 26.8 Å². The van der Waals surface area contributed by atoms with Crippen molar-refractivity contribution in [2.24, 2.45) is 0 Å². The fourth-order valence-corrected chi connectivity index (χ4v) is 2.31. The number of H-pyrrole nitrogens is 1. The second-order valence-electron chi connectivity index (χ2n) is 6.15. The molecular weight excluding hydrogens is 272 g/mol. The Bertz CT molecular complexity index is 600. The number of nitrogens with one attached hydrogen (secondary N) is 1. The van der Waals surface area contributed by atoms with Gasteiger partial charge in [0.25, 0.3) is 5.56 Å². The van der Waals surface area contributed by atoms with Gasteiger partial charge in [0.2, 0.25) is 0 Å². The summed E-state index contributed by atoms with van der Waals surface area (Å²) in [5, 5.41) is 0. The van der Waals surface area contributed by atoms with Crippen molar-refractivity contribution in [1.29, 1.82) is 0 Å². The third-order valence-electron chi connectivity index (χ3n) is 3.30. The molecule has 0 aromatic carbocycles. The van der Waals surface area contributed by atoms with E-state index in [4.69, 9.17) is 4.74 Å². The normalized spacial score (nSPS) is 19.5. The number of amides is 1. The quantitative estimate of drug-likeness (QED) is 0.854. The summed E-state index contributed by atoms with van der Waals surface area (Å²) in [6, 6.07) is 3.30. The van der Waals surface area contributed by atoms with E-state index in [-0.39, 0.29) is 24.3 Å². The monoisotopic (exact) mass is 292 g/mol. The van der Waals surface area contributed by atoms with Crippen molar-refractivity contribution >= 4 is 11.9 Å². The van der Waals surface area contributed by atoms with Gasteiger partial charge < -0.3 is 14.6 Å². The molecule has 1 aromatic rings. The molecule has 1 fully saturated rings. The van der Waals surface area contributed by atoms with Crippen LogP contribution in [0.15, 0.2) is 23.1 Å². The lowest BCUT2D eigenvalue weighted by molar-refractivity contribution is -0.123. The number of nitrogens with zero attached hydrogens (tertiary/aromatic N) is 1. The van der Waals surface area contributed by atoms with Crippen molar-refractivity contribution in [3.8, 4) is 0 Å². The highest BCUT2D eigenvalue weighted by atomic mass is 16.6. The van der Waals surface area contributed by atoms with Crippen molar-refractivity contribution in [1.82, 2.24) is 9.88 Å². The molecule has 114 valence electrons. The highest BCUT2D eigenvalue weighted by molar-refractivity contribution is 5.88. The third kappa shape index (κ3) is 3.71. The minimum atomic E-state index is -0.587. The number of likely N-dealkylation sites (tertiary alicyclic amines) is 1. The molecule has 1 saturated heterocycles. The van der Waals surface area contributed by atoms with Crippen LogP contribution in [-0.2, 0) is 9.53 Å². The van der Waals surface area contributed by atoms with Crippen LogP contribution in [0.2, 0.25) is 0 Å². The first-order valence-electron chi connectivity index (χ1n) is 6.96.